The molecule has 0 aliphatic carbocycles. The largest absolute Gasteiger partial charge is 0.493 e. The summed E-state index contributed by atoms with van der Waals surface area (Å²) in [6.07, 6.45) is 0.860. The third kappa shape index (κ3) is 4.66. The van der Waals surface area contributed by atoms with Crippen LogP contribution in [0.4, 0.5) is 0 Å². The zero-order valence-corrected chi connectivity index (χ0v) is 12.9. The third-order valence-electron chi connectivity index (χ3n) is 2.93. The summed E-state index contributed by atoms with van der Waals surface area (Å²) in [6, 6.07) is 4.91. The second-order valence-electron chi connectivity index (χ2n) is 4.58. The van der Waals surface area contributed by atoms with Crippen molar-refractivity contribution in [2.24, 2.45) is 0 Å². The summed E-state index contributed by atoms with van der Waals surface area (Å²) in [4.78, 5) is 25.3. The number of methoxy groups -OCH3 is 2. The summed E-state index contributed by atoms with van der Waals surface area (Å²) in [6.45, 7) is 2.60. The number of carbonyl (C=O) groups excluding carboxylic acids is 2. The van der Waals surface area contributed by atoms with Gasteiger partial charge in [-0.15, -0.1) is 0 Å². The van der Waals surface area contributed by atoms with Gasteiger partial charge in [-0.2, -0.15) is 0 Å². The van der Waals surface area contributed by atoms with Crippen LogP contribution in [-0.4, -0.2) is 51.1 Å². The molecule has 0 aliphatic rings. The first-order valence-corrected chi connectivity index (χ1v) is 6.77. The molecule has 0 saturated heterocycles. The Morgan fingerprint density at radius 2 is 1.86 bits per heavy atom. The maximum absolute atomic E-state index is 12.3. The number of amides is 2. The van der Waals surface area contributed by atoms with E-state index in [1.165, 1.54) is 19.1 Å². The van der Waals surface area contributed by atoms with E-state index >= 15 is 0 Å². The highest BCUT2D eigenvalue weighted by Gasteiger charge is 2.16. The molecule has 2 amide bonds. The van der Waals surface area contributed by atoms with Crippen molar-refractivity contribution in [1.29, 1.82) is 0 Å². The molecule has 0 unspecified atom stereocenters. The van der Waals surface area contributed by atoms with Crippen molar-refractivity contribution in [3.63, 3.8) is 0 Å². The van der Waals surface area contributed by atoms with Gasteiger partial charge in [0.05, 0.1) is 20.8 Å². The minimum absolute atomic E-state index is 0.0210. The monoisotopic (exact) mass is 294 g/mol. The molecular weight excluding hydrogens is 272 g/mol. The Bertz CT molecular complexity index is 502. The predicted octanol–water partition coefficient (Wildman–Crippen LogP) is 1.30. The van der Waals surface area contributed by atoms with Gasteiger partial charge in [0.1, 0.15) is 0 Å². The molecule has 1 N–H and O–H groups in total. The Morgan fingerprint density at radius 1 is 1.19 bits per heavy atom. The van der Waals surface area contributed by atoms with Gasteiger partial charge in [-0.1, -0.05) is 6.92 Å². The third-order valence-corrected chi connectivity index (χ3v) is 2.93. The molecule has 0 saturated carbocycles. The topological polar surface area (TPSA) is 67.9 Å². The SMILES string of the molecule is CCCNC(=O)CN(C)C(=O)c1ccc(OC)c(OC)c1. The molecule has 0 aliphatic heterocycles. The summed E-state index contributed by atoms with van der Waals surface area (Å²) in [5, 5.41) is 2.73. The number of nitrogens with zero attached hydrogens (tertiary/aromatic N) is 1. The molecule has 0 spiro atoms. The van der Waals surface area contributed by atoms with Crippen LogP contribution < -0.4 is 14.8 Å². The molecule has 0 aromatic heterocycles. The standard InChI is InChI=1S/C15H22N2O4/c1-5-8-16-14(18)10-17(2)15(19)11-6-7-12(20-3)13(9-11)21-4/h6-7,9H,5,8,10H2,1-4H3,(H,16,18). The van der Waals surface area contributed by atoms with E-state index in [2.05, 4.69) is 5.32 Å². The minimum Gasteiger partial charge on any atom is -0.493 e. The first-order valence-electron chi connectivity index (χ1n) is 6.77. The first-order chi connectivity index (χ1) is 10.0. The lowest BCUT2D eigenvalue weighted by Gasteiger charge is -2.17. The van der Waals surface area contributed by atoms with Crippen molar-refractivity contribution >= 4 is 11.8 Å². The van der Waals surface area contributed by atoms with Gasteiger partial charge in [0.25, 0.3) is 5.91 Å². The van der Waals surface area contributed by atoms with Crippen LogP contribution in [0.2, 0.25) is 0 Å². The van der Waals surface area contributed by atoms with Gasteiger partial charge in [-0.3, -0.25) is 9.59 Å². The summed E-state index contributed by atoms with van der Waals surface area (Å²) >= 11 is 0. The van der Waals surface area contributed by atoms with E-state index < -0.39 is 0 Å². The molecule has 0 heterocycles. The lowest BCUT2D eigenvalue weighted by atomic mass is 10.1. The molecule has 21 heavy (non-hydrogen) atoms. The van der Waals surface area contributed by atoms with Crippen molar-refractivity contribution in [3.8, 4) is 11.5 Å². The fourth-order valence-electron chi connectivity index (χ4n) is 1.80. The van der Waals surface area contributed by atoms with Crippen LogP contribution in [0.25, 0.3) is 0 Å². The van der Waals surface area contributed by atoms with E-state index in [1.54, 1.807) is 25.2 Å². The van der Waals surface area contributed by atoms with Crippen LogP contribution in [0.15, 0.2) is 18.2 Å². The minimum atomic E-state index is -0.248. The van der Waals surface area contributed by atoms with Crippen LogP contribution in [0, 0.1) is 0 Å². The Balaban J connectivity index is 2.76. The van der Waals surface area contributed by atoms with Crippen molar-refractivity contribution in [1.82, 2.24) is 10.2 Å². The summed E-state index contributed by atoms with van der Waals surface area (Å²) in [5.74, 6) is 0.611. The van der Waals surface area contributed by atoms with Crippen molar-refractivity contribution in [2.75, 3.05) is 34.4 Å². The van der Waals surface area contributed by atoms with Crippen molar-refractivity contribution < 1.29 is 19.1 Å². The van der Waals surface area contributed by atoms with Crippen LogP contribution in [0.1, 0.15) is 23.7 Å². The van der Waals surface area contributed by atoms with E-state index in [1.807, 2.05) is 6.92 Å². The number of hydrogen-bond donors (Lipinski definition) is 1. The Kier molecular flexibility index (Phi) is 6.52. The van der Waals surface area contributed by atoms with E-state index in [0.717, 1.165) is 6.42 Å². The normalized spacial score (nSPS) is 9.90. The average Bonchev–Trinajstić information content (AvgIpc) is 2.51. The number of ether oxygens (including phenoxy) is 2. The summed E-state index contributed by atoms with van der Waals surface area (Å²) in [5.41, 5.74) is 0.443. The van der Waals surface area contributed by atoms with Gasteiger partial charge in [-0.05, 0) is 24.6 Å². The zero-order valence-electron chi connectivity index (χ0n) is 12.9. The number of benzene rings is 1. The number of nitrogens with one attached hydrogen (secondary N) is 1. The Labute approximate surface area is 125 Å². The fourth-order valence-corrected chi connectivity index (χ4v) is 1.80. The van der Waals surface area contributed by atoms with E-state index in [0.29, 0.717) is 23.6 Å². The second-order valence-corrected chi connectivity index (χ2v) is 4.58. The number of hydrogen-bond acceptors (Lipinski definition) is 4. The quantitative estimate of drug-likeness (QED) is 0.823. The fraction of sp³-hybridized carbons (Fsp3) is 0.467. The molecule has 0 bridgehead atoms. The average molecular weight is 294 g/mol. The molecule has 0 radical (unpaired) electrons. The maximum atomic E-state index is 12.3. The molecule has 0 fully saturated rings. The van der Waals surface area contributed by atoms with Crippen LogP contribution >= 0.6 is 0 Å². The van der Waals surface area contributed by atoms with Crippen LogP contribution in [0.3, 0.4) is 0 Å². The van der Waals surface area contributed by atoms with Crippen molar-refractivity contribution in [3.05, 3.63) is 23.8 Å². The van der Waals surface area contributed by atoms with Gasteiger partial charge in [0, 0.05) is 19.2 Å². The Hall–Kier alpha value is -2.24. The Morgan fingerprint density at radius 3 is 2.43 bits per heavy atom. The number of carbonyl (C=O) groups is 2. The van der Waals surface area contributed by atoms with Crippen LogP contribution in [0.5, 0.6) is 11.5 Å². The molecule has 6 heteroatoms. The molecule has 1 aromatic rings. The van der Waals surface area contributed by atoms with Gasteiger partial charge >= 0.3 is 0 Å². The molecule has 116 valence electrons. The van der Waals surface area contributed by atoms with Crippen molar-refractivity contribution in [2.45, 2.75) is 13.3 Å². The van der Waals surface area contributed by atoms with E-state index in [-0.39, 0.29) is 18.4 Å². The molecule has 6 nitrogen and oxygen atoms in total. The van der Waals surface area contributed by atoms with Gasteiger partial charge < -0.3 is 19.7 Å². The lowest BCUT2D eigenvalue weighted by Crippen LogP contribution is -2.38. The summed E-state index contributed by atoms with van der Waals surface area (Å²) in [7, 11) is 4.63. The smallest absolute Gasteiger partial charge is 0.254 e. The highest BCUT2D eigenvalue weighted by atomic mass is 16.5. The maximum Gasteiger partial charge on any atom is 0.254 e. The highest BCUT2D eigenvalue weighted by Crippen LogP contribution is 2.27. The van der Waals surface area contributed by atoms with Gasteiger partial charge in [0.15, 0.2) is 11.5 Å². The predicted molar refractivity (Wildman–Crippen MR) is 79.8 cm³/mol. The van der Waals surface area contributed by atoms with E-state index in [4.69, 9.17) is 9.47 Å². The van der Waals surface area contributed by atoms with Crippen LogP contribution in [-0.2, 0) is 4.79 Å². The molecule has 1 aromatic carbocycles. The van der Waals surface area contributed by atoms with Gasteiger partial charge in [0.2, 0.25) is 5.91 Å². The van der Waals surface area contributed by atoms with Gasteiger partial charge in [-0.25, -0.2) is 0 Å². The van der Waals surface area contributed by atoms with E-state index in [9.17, 15) is 9.59 Å². The molecule has 1 rings (SSSR count). The number of rotatable bonds is 7. The highest BCUT2D eigenvalue weighted by molar-refractivity contribution is 5.96. The molecule has 0 atom stereocenters. The number of likely N-dealkylation sites (N-methyl/N-ethyl adjacent to an activating group) is 1. The zero-order chi connectivity index (χ0) is 15.8. The first kappa shape index (κ1) is 16.8. The lowest BCUT2D eigenvalue weighted by molar-refractivity contribution is -0.121. The summed E-state index contributed by atoms with van der Waals surface area (Å²) < 4.78 is 10.3. The molecular formula is C15H22N2O4. The second kappa shape index (κ2) is 8.14.